The molecule has 3 rings (SSSR count). The van der Waals surface area contributed by atoms with E-state index in [2.05, 4.69) is 13.8 Å². The van der Waals surface area contributed by atoms with E-state index in [-0.39, 0.29) is 21.8 Å². The Kier molecular flexibility index (Phi) is 7.06. The molecule has 164 valence electrons. The first-order valence-electron chi connectivity index (χ1n) is 10.8. The van der Waals surface area contributed by atoms with Crippen molar-refractivity contribution in [3.63, 3.8) is 0 Å². The summed E-state index contributed by atoms with van der Waals surface area (Å²) in [4.78, 5) is 2.15. The number of unbranched alkanes of at least 4 members (excludes halogenated alkanes) is 2. The lowest BCUT2D eigenvalue weighted by molar-refractivity contribution is 0.270. The topological polar surface area (TPSA) is 46.6 Å². The number of nitrogens with zero attached hydrogens (tertiary/aromatic N) is 1. The minimum atomic E-state index is -3.63. The predicted molar refractivity (Wildman–Crippen MR) is 120 cm³/mol. The SMILES string of the molecule is CCCCC1(CCCC)CN(c2ccccc2)c2cc(F)c(OC)cc2S(=O)(=O)C1. The van der Waals surface area contributed by atoms with E-state index in [9.17, 15) is 12.8 Å². The fourth-order valence-electron chi connectivity index (χ4n) is 4.46. The van der Waals surface area contributed by atoms with Crippen molar-refractivity contribution in [3.05, 3.63) is 48.3 Å². The molecular formula is C24H32FNO3S. The zero-order valence-corrected chi connectivity index (χ0v) is 19.0. The van der Waals surface area contributed by atoms with E-state index in [4.69, 9.17) is 4.74 Å². The van der Waals surface area contributed by atoms with Crippen LogP contribution in [0.1, 0.15) is 52.4 Å². The second kappa shape index (κ2) is 9.38. The third-order valence-corrected chi connectivity index (χ3v) is 8.03. The minimum absolute atomic E-state index is 0.0417. The van der Waals surface area contributed by atoms with Crippen LogP contribution in [-0.4, -0.2) is 27.8 Å². The van der Waals surface area contributed by atoms with Crippen LogP contribution in [0.2, 0.25) is 0 Å². The van der Waals surface area contributed by atoms with Gasteiger partial charge in [-0.1, -0.05) is 57.7 Å². The lowest BCUT2D eigenvalue weighted by Gasteiger charge is -2.37. The van der Waals surface area contributed by atoms with Crippen molar-refractivity contribution < 1.29 is 17.5 Å². The predicted octanol–water partition coefficient (Wildman–Crippen LogP) is 6.13. The Labute approximate surface area is 180 Å². The highest BCUT2D eigenvalue weighted by atomic mass is 32.2. The number of ether oxygens (including phenoxy) is 1. The van der Waals surface area contributed by atoms with Gasteiger partial charge in [0.2, 0.25) is 0 Å². The van der Waals surface area contributed by atoms with Crippen LogP contribution in [0.4, 0.5) is 15.8 Å². The van der Waals surface area contributed by atoms with E-state index in [1.165, 1.54) is 19.2 Å². The number of anilines is 2. The molecule has 2 aromatic carbocycles. The highest BCUT2D eigenvalue weighted by Gasteiger charge is 2.42. The Hall–Kier alpha value is -2.08. The summed E-state index contributed by atoms with van der Waals surface area (Å²) in [5.74, 6) is -0.521. The minimum Gasteiger partial charge on any atom is -0.494 e. The molecule has 0 fully saturated rings. The summed E-state index contributed by atoms with van der Waals surface area (Å²) in [6, 6.07) is 12.3. The molecule has 1 heterocycles. The Bertz CT molecular complexity index is 952. The third-order valence-electron chi connectivity index (χ3n) is 6.04. The number of hydrogen-bond donors (Lipinski definition) is 0. The van der Waals surface area contributed by atoms with Crippen LogP contribution in [0.15, 0.2) is 47.4 Å². The average Bonchev–Trinajstić information content (AvgIpc) is 2.83. The molecule has 0 saturated carbocycles. The van der Waals surface area contributed by atoms with Crippen LogP contribution in [0.25, 0.3) is 0 Å². The first kappa shape index (κ1) is 22.6. The molecule has 6 heteroatoms. The molecule has 1 aliphatic rings. The molecule has 0 N–H and O–H groups in total. The zero-order chi connectivity index (χ0) is 21.8. The second-order valence-electron chi connectivity index (χ2n) is 8.34. The first-order chi connectivity index (χ1) is 14.4. The largest absolute Gasteiger partial charge is 0.494 e. The van der Waals surface area contributed by atoms with Gasteiger partial charge in [-0.05, 0) is 25.0 Å². The summed E-state index contributed by atoms with van der Waals surface area (Å²) in [5.41, 5.74) is 0.885. The lowest BCUT2D eigenvalue weighted by Crippen LogP contribution is -2.38. The van der Waals surface area contributed by atoms with E-state index in [1.807, 2.05) is 35.2 Å². The van der Waals surface area contributed by atoms with E-state index in [1.54, 1.807) is 0 Å². The fourth-order valence-corrected chi connectivity index (χ4v) is 6.57. The van der Waals surface area contributed by atoms with Crippen LogP contribution in [0.3, 0.4) is 0 Å². The van der Waals surface area contributed by atoms with Crippen molar-refractivity contribution in [3.8, 4) is 5.75 Å². The van der Waals surface area contributed by atoms with Gasteiger partial charge in [0.25, 0.3) is 0 Å². The summed E-state index contributed by atoms with van der Waals surface area (Å²) >= 11 is 0. The number of para-hydroxylation sites is 1. The van der Waals surface area contributed by atoms with Crippen LogP contribution < -0.4 is 9.64 Å². The molecule has 0 amide bonds. The number of methoxy groups -OCH3 is 1. The molecule has 0 aromatic heterocycles. The molecule has 1 aliphatic heterocycles. The number of sulfone groups is 1. The summed E-state index contributed by atoms with van der Waals surface area (Å²) in [5, 5.41) is 0. The standard InChI is InChI=1S/C24H32FNO3S/c1-4-6-13-24(14-7-5-2)17-26(19-11-9-8-10-12-19)21-15-20(25)22(29-3)16-23(21)30(27,28)18-24/h8-12,15-16H,4-7,13-14,17-18H2,1-3H3. The Morgan fingerprint density at radius 2 is 1.70 bits per heavy atom. The normalized spacial score (nSPS) is 17.3. The van der Waals surface area contributed by atoms with Gasteiger partial charge in [-0.15, -0.1) is 0 Å². The monoisotopic (exact) mass is 433 g/mol. The maximum absolute atomic E-state index is 14.7. The molecule has 0 unspecified atom stereocenters. The van der Waals surface area contributed by atoms with Gasteiger partial charge in [-0.2, -0.15) is 0 Å². The number of benzene rings is 2. The van der Waals surface area contributed by atoms with Crippen molar-refractivity contribution >= 4 is 21.2 Å². The first-order valence-corrected chi connectivity index (χ1v) is 12.4. The van der Waals surface area contributed by atoms with Crippen LogP contribution in [0, 0.1) is 11.2 Å². The second-order valence-corrected chi connectivity index (χ2v) is 10.3. The lowest BCUT2D eigenvalue weighted by atomic mass is 9.79. The van der Waals surface area contributed by atoms with E-state index >= 15 is 0 Å². The van der Waals surface area contributed by atoms with Gasteiger partial charge >= 0.3 is 0 Å². The highest BCUT2D eigenvalue weighted by Crippen LogP contribution is 2.46. The molecule has 0 spiro atoms. The third kappa shape index (κ3) is 4.64. The van der Waals surface area contributed by atoms with Gasteiger partial charge in [0.05, 0.1) is 23.4 Å². The Morgan fingerprint density at radius 3 is 2.27 bits per heavy atom. The van der Waals surface area contributed by atoms with Gasteiger partial charge in [0.15, 0.2) is 21.4 Å². The van der Waals surface area contributed by atoms with E-state index < -0.39 is 15.7 Å². The van der Waals surface area contributed by atoms with Crippen molar-refractivity contribution in [1.82, 2.24) is 0 Å². The fraction of sp³-hybridized carbons (Fsp3) is 0.500. The molecule has 0 atom stereocenters. The Morgan fingerprint density at radius 1 is 1.07 bits per heavy atom. The number of hydrogen-bond acceptors (Lipinski definition) is 4. The average molecular weight is 434 g/mol. The summed E-state index contributed by atoms with van der Waals surface area (Å²) in [6.45, 7) is 4.81. The number of fused-ring (bicyclic) bond motifs is 1. The van der Waals surface area contributed by atoms with E-state index in [0.29, 0.717) is 12.2 Å². The van der Waals surface area contributed by atoms with Crippen LogP contribution in [0.5, 0.6) is 5.75 Å². The van der Waals surface area contributed by atoms with Gasteiger partial charge in [-0.25, -0.2) is 12.8 Å². The molecule has 2 aromatic rings. The van der Waals surface area contributed by atoms with Crippen molar-refractivity contribution in [2.45, 2.75) is 57.3 Å². The van der Waals surface area contributed by atoms with Crippen molar-refractivity contribution in [1.29, 1.82) is 0 Å². The van der Waals surface area contributed by atoms with Crippen molar-refractivity contribution in [2.24, 2.45) is 5.41 Å². The van der Waals surface area contributed by atoms with Crippen LogP contribution >= 0.6 is 0 Å². The van der Waals surface area contributed by atoms with Gasteiger partial charge in [-0.3, -0.25) is 0 Å². The van der Waals surface area contributed by atoms with Crippen molar-refractivity contribution in [2.75, 3.05) is 24.3 Å². The number of rotatable bonds is 8. The van der Waals surface area contributed by atoms with Gasteiger partial charge in [0, 0.05) is 29.8 Å². The molecule has 0 radical (unpaired) electrons. The molecule has 0 bridgehead atoms. The summed E-state index contributed by atoms with van der Waals surface area (Å²) < 4.78 is 47.0. The molecule has 30 heavy (non-hydrogen) atoms. The molecular weight excluding hydrogens is 401 g/mol. The van der Waals surface area contributed by atoms with E-state index in [0.717, 1.165) is 44.2 Å². The number of halogens is 1. The smallest absolute Gasteiger partial charge is 0.181 e. The molecule has 4 nitrogen and oxygen atoms in total. The summed E-state index contributed by atoms with van der Waals surface area (Å²) in [7, 11) is -2.27. The van der Waals surface area contributed by atoms with Gasteiger partial charge in [0.1, 0.15) is 0 Å². The highest BCUT2D eigenvalue weighted by molar-refractivity contribution is 7.91. The maximum Gasteiger partial charge on any atom is 0.181 e. The molecule has 0 aliphatic carbocycles. The maximum atomic E-state index is 14.7. The molecule has 0 saturated heterocycles. The van der Waals surface area contributed by atoms with Crippen LogP contribution in [-0.2, 0) is 9.84 Å². The van der Waals surface area contributed by atoms with Gasteiger partial charge < -0.3 is 9.64 Å². The quantitative estimate of drug-likeness (QED) is 0.470. The zero-order valence-electron chi connectivity index (χ0n) is 18.2. The Balaban J connectivity index is 2.23. The summed E-state index contributed by atoms with van der Waals surface area (Å²) in [6.07, 6.45) is 5.62.